The molecule has 2 N–H and O–H groups in total. The normalized spacial score (nSPS) is 29.2. The van der Waals surface area contributed by atoms with Gasteiger partial charge in [0.25, 0.3) is 0 Å². The number of aromatic amines is 2. The van der Waals surface area contributed by atoms with Crippen LogP contribution in [-0.2, 0) is 0 Å². The molecule has 2 aromatic carbocycles. The van der Waals surface area contributed by atoms with Crippen molar-refractivity contribution in [3.8, 4) is 33.6 Å². The summed E-state index contributed by atoms with van der Waals surface area (Å²) >= 11 is 0. The summed E-state index contributed by atoms with van der Waals surface area (Å²) in [6, 6.07) is 14.0. The number of hydrogen-bond acceptors (Lipinski definition) is 2. The van der Waals surface area contributed by atoms with Crippen molar-refractivity contribution in [1.29, 1.82) is 0 Å². The minimum absolute atomic E-state index is 0.626. The fraction of sp³-hybridized carbons (Fsp3) is 0.471. The molecule has 0 spiro atoms. The smallest absolute Gasteiger partial charge is 0.109 e. The maximum atomic E-state index is 4.85. The number of nitrogens with zero attached hydrogens (tertiary/aromatic N) is 2. The van der Waals surface area contributed by atoms with Crippen molar-refractivity contribution in [2.75, 3.05) is 0 Å². The second kappa shape index (κ2) is 8.18. The van der Waals surface area contributed by atoms with Crippen molar-refractivity contribution in [2.45, 2.75) is 87.9 Å². The standard InChI is InChI=1S/C34H36N4/c1-2-4-21(3-1)33-36-18-30(38-33)28-12-11-27(31-22-9-10-23(13-22)32(28)31)19-5-7-20(8-6-19)29-17-35-34(37-29)26-15-24-14-25(24)16-26/h5-8,11-12,17-18,21-26H,1-4,9-10,13-16H2,(H,35,37)(H,36,38). The Morgan fingerprint density at radius 3 is 1.89 bits per heavy atom. The molecule has 4 aromatic rings. The van der Waals surface area contributed by atoms with E-state index in [1.807, 2.05) is 6.20 Å². The van der Waals surface area contributed by atoms with Gasteiger partial charge in [0.2, 0.25) is 0 Å². The second-order valence-corrected chi connectivity index (χ2v) is 13.0. The first-order chi connectivity index (χ1) is 18.8. The number of imidazole rings is 2. The summed E-state index contributed by atoms with van der Waals surface area (Å²) in [4.78, 5) is 17.0. The van der Waals surface area contributed by atoms with Crippen LogP contribution in [0.2, 0.25) is 0 Å². The Bertz CT molecular complexity index is 1510. The van der Waals surface area contributed by atoms with E-state index in [-0.39, 0.29) is 0 Å². The predicted molar refractivity (Wildman–Crippen MR) is 151 cm³/mol. The third-order valence-electron chi connectivity index (χ3n) is 10.9. The van der Waals surface area contributed by atoms with E-state index in [0.717, 1.165) is 17.5 Å². The van der Waals surface area contributed by atoms with Gasteiger partial charge in [-0.3, -0.25) is 0 Å². The van der Waals surface area contributed by atoms with Crippen LogP contribution in [0.1, 0.15) is 111 Å². The molecular formula is C34H36N4. The fourth-order valence-corrected chi connectivity index (χ4v) is 8.85. The van der Waals surface area contributed by atoms with Crippen LogP contribution in [-0.4, -0.2) is 19.9 Å². The maximum Gasteiger partial charge on any atom is 0.109 e. The average Bonchev–Trinajstić information content (AvgIpc) is 3.71. The van der Waals surface area contributed by atoms with Crippen molar-refractivity contribution < 1.29 is 0 Å². The van der Waals surface area contributed by atoms with Gasteiger partial charge in [-0.15, -0.1) is 0 Å². The van der Waals surface area contributed by atoms with Gasteiger partial charge >= 0.3 is 0 Å². The van der Waals surface area contributed by atoms with Gasteiger partial charge in [-0.05, 0) is 103 Å². The van der Waals surface area contributed by atoms with Gasteiger partial charge in [0.1, 0.15) is 11.6 Å². The minimum atomic E-state index is 0.626. The molecule has 4 fully saturated rings. The van der Waals surface area contributed by atoms with Crippen LogP contribution >= 0.6 is 0 Å². The van der Waals surface area contributed by atoms with Crippen LogP contribution < -0.4 is 0 Å². The summed E-state index contributed by atoms with van der Waals surface area (Å²) < 4.78 is 0. The lowest BCUT2D eigenvalue weighted by Gasteiger charge is -2.22. The molecule has 4 atom stereocenters. The molecule has 0 amide bonds. The number of fused-ring (bicyclic) bond motifs is 6. The molecule has 4 saturated carbocycles. The summed E-state index contributed by atoms with van der Waals surface area (Å²) in [5.74, 6) is 7.06. The molecular weight excluding hydrogens is 464 g/mol. The maximum absolute atomic E-state index is 4.85. The molecule has 38 heavy (non-hydrogen) atoms. The van der Waals surface area contributed by atoms with E-state index < -0.39 is 0 Å². The number of benzene rings is 2. The van der Waals surface area contributed by atoms with Gasteiger partial charge in [-0.2, -0.15) is 0 Å². The zero-order valence-corrected chi connectivity index (χ0v) is 22.0. The summed E-state index contributed by atoms with van der Waals surface area (Å²) in [7, 11) is 0. The minimum Gasteiger partial charge on any atom is -0.342 e. The van der Waals surface area contributed by atoms with Crippen molar-refractivity contribution in [3.05, 3.63) is 71.6 Å². The molecule has 5 aliphatic carbocycles. The Kier molecular flexibility index (Phi) is 4.68. The molecule has 0 saturated heterocycles. The molecule has 0 aliphatic heterocycles. The van der Waals surface area contributed by atoms with Gasteiger partial charge in [0.05, 0.1) is 23.8 Å². The Morgan fingerprint density at radius 2 is 1.13 bits per heavy atom. The lowest BCUT2D eigenvalue weighted by molar-refractivity contribution is 0.596. The highest BCUT2D eigenvalue weighted by Crippen LogP contribution is 2.59. The number of nitrogens with one attached hydrogen (secondary N) is 2. The summed E-state index contributed by atoms with van der Waals surface area (Å²) in [6.45, 7) is 0. The van der Waals surface area contributed by atoms with Crippen molar-refractivity contribution in [1.82, 2.24) is 19.9 Å². The first-order valence-corrected chi connectivity index (χ1v) is 15.2. The molecule has 4 nitrogen and oxygen atoms in total. The average molecular weight is 501 g/mol. The molecule has 5 aliphatic rings. The van der Waals surface area contributed by atoms with Gasteiger partial charge in [-0.1, -0.05) is 49.2 Å². The number of aromatic nitrogens is 4. The SMILES string of the molecule is c1cc(-c2ccc(-c3cnc(C4CCCC4)[nH]3)c3c2C2CCC3C2)ccc1-c1cnc(C2CC3CC3C2)[nH]1. The molecule has 0 radical (unpaired) electrons. The Balaban J connectivity index is 1.04. The van der Waals surface area contributed by atoms with Gasteiger partial charge in [0, 0.05) is 17.4 Å². The highest BCUT2D eigenvalue weighted by atomic mass is 14.9. The van der Waals surface area contributed by atoms with Crippen LogP contribution in [0.25, 0.3) is 33.6 Å². The van der Waals surface area contributed by atoms with E-state index in [1.165, 1.54) is 104 Å². The van der Waals surface area contributed by atoms with E-state index in [2.05, 4.69) is 52.6 Å². The summed E-state index contributed by atoms with van der Waals surface area (Å²) in [6.07, 6.45) is 17.5. The lowest BCUT2D eigenvalue weighted by Crippen LogP contribution is -2.03. The monoisotopic (exact) mass is 500 g/mol. The van der Waals surface area contributed by atoms with Gasteiger partial charge < -0.3 is 9.97 Å². The number of hydrogen-bond donors (Lipinski definition) is 2. The third kappa shape index (κ3) is 3.34. The van der Waals surface area contributed by atoms with Crippen LogP contribution in [0.4, 0.5) is 0 Å². The molecule has 4 heteroatoms. The Labute approximate surface area is 224 Å². The topological polar surface area (TPSA) is 57.4 Å². The zero-order valence-electron chi connectivity index (χ0n) is 22.0. The van der Waals surface area contributed by atoms with Crippen molar-refractivity contribution in [3.63, 3.8) is 0 Å². The highest BCUT2D eigenvalue weighted by Gasteiger charge is 2.47. The van der Waals surface area contributed by atoms with Crippen LogP contribution in [0.5, 0.6) is 0 Å². The van der Waals surface area contributed by atoms with Crippen LogP contribution in [0, 0.1) is 11.8 Å². The predicted octanol–water partition coefficient (Wildman–Crippen LogP) is 8.67. The molecule has 9 rings (SSSR count). The molecule has 192 valence electrons. The summed E-state index contributed by atoms with van der Waals surface area (Å²) in [5, 5.41) is 0. The zero-order chi connectivity index (χ0) is 24.8. The Hall–Kier alpha value is -3.14. The Morgan fingerprint density at radius 1 is 0.526 bits per heavy atom. The van der Waals surface area contributed by atoms with Gasteiger partial charge in [-0.25, -0.2) is 9.97 Å². The molecule has 4 unspecified atom stereocenters. The molecule has 2 bridgehead atoms. The van der Waals surface area contributed by atoms with Crippen molar-refractivity contribution in [2.24, 2.45) is 11.8 Å². The van der Waals surface area contributed by atoms with Crippen LogP contribution in [0.3, 0.4) is 0 Å². The van der Waals surface area contributed by atoms with E-state index in [0.29, 0.717) is 23.7 Å². The fourth-order valence-electron chi connectivity index (χ4n) is 8.85. The van der Waals surface area contributed by atoms with E-state index >= 15 is 0 Å². The van der Waals surface area contributed by atoms with E-state index in [4.69, 9.17) is 9.97 Å². The first kappa shape index (κ1) is 21.8. The second-order valence-electron chi connectivity index (χ2n) is 13.0. The molecule has 2 aromatic heterocycles. The largest absolute Gasteiger partial charge is 0.342 e. The van der Waals surface area contributed by atoms with Crippen molar-refractivity contribution >= 4 is 0 Å². The van der Waals surface area contributed by atoms with Crippen LogP contribution in [0.15, 0.2) is 48.8 Å². The number of H-pyrrole nitrogens is 2. The van der Waals surface area contributed by atoms with Gasteiger partial charge in [0.15, 0.2) is 0 Å². The molecule has 2 heterocycles. The summed E-state index contributed by atoms with van der Waals surface area (Å²) in [5.41, 5.74) is 11.0. The number of rotatable bonds is 5. The first-order valence-electron chi connectivity index (χ1n) is 15.2. The third-order valence-corrected chi connectivity index (χ3v) is 10.9. The van der Waals surface area contributed by atoms with E-state index in [9.17, 15) is 0 Å². The quantitative estimate of drug-likeness (QED) is 0.288. The van der Waals surface area contributed by atoms with E-state index in [1.54, 1.807) is 11.1 Å². The lowest BCUT2D eigenvalue weighted by atomic mass is 9.82. The highest BCUT2D eigenvalue weighted by molar-refractivity contribution is 5.80.